The van der Waals surface area contributed by atoms with Crippen molar-refractivity contribution in [3.05, 3.63) is 11.4 Å². The molecule has 0 aliphatic heterocycles. The van der Waals surface area contributed by atoms with Crippen LogP contribution in [-0.2, 0) is 6.42 Å². The van der Waals surface area contributed by atoms with Gasteiger partial charge in [-0.15, -0.1) is 0 Å². The second-order valence-electron chi connectivity index (χ2n) is 5.42. The Hall–Kier alpha value is -0.970. The Kier molecular flexibility index (Phi) is 5.52. The molecule has 2 unspecified atom stereocenters. The molecule has 1 aliphatic rings. The molecule has 3 N–H and O–H groups in total. The summed E-state index contributed by atoms with van der Waals surface area (Å²) >= 11 is 2.05. The highest BCUT2D eigenvalue weighted by atomic mass is 32.2. The third kappa shape index (κ3) is 3.57. The van der Waals surface area contributed by atoms with E-state index >= 15 is 0 Å². The van der Waals surface area contributed by atoms with Gasteiger partial charge in [-0.25, -0.2) is 9.97 Å². The highest BCUT2D eigenvalue weighted by Crippen LogP contribution is 2.32. The topological polar surface area (TPSA) is 63.8 Å². The van der Waals surface area contributed by atoms with Gasteiger partial charge in [-0.2, -0.15) is 11.8 Å². The van der Waals surface area contributed by atoms with E-state index in [9.17, 15) is 0 Å². The van der Waals surface area contributed by atoms with Crippen molar-refractivity contribution in [3.63, 3.8) is 0 Å². The largest absolute Gasteiger partial charge is 0.383 e. The zero-order valence-electron chi connectivity index (χ0n) is 12.8. The Labute approximate surface area is 126 Å². The van der Waals surface area contributed by atoms with E-state index in [1.165, 1.54) is 25.0 Å². The first-order valence-electron chi connectivity index (χ1n) is 7.66. The molecule has 0 saturated heterocycles. The van der Waals surface area contributed by atoms with Crippen molar-refractivity contribution >= 4 is 23.4 Å². The molecule has 0 spiro atoms. The summed E-state index contributed by atoms with van der Waals surface area (Å²) in [5.41, 5.74) is 7.01. The summed E-state index contributed by atoms with van der Waals surface area (Å²) in [7, 11) is 0. The monoisotopic (exact) mass is 294 g/mol. The lowest BCUT2D eigenvalue weighted by atomic mass is 10.2. The molecule has 20 heavy (non-hydrogen) atoms. The summed E-state index contributed by atoms with van der Waals surface area (Å²) in [4.78, 5) is 9.04. The second-order valence-corrected chi connectivity index (χ2v) is 6.94. The maximum atomic E-state index is 6.02. The van der Waals surface area contributed by atoms with Crippen molar-refractivity contribution in [2.24, 2.45) is 0 Å². The molecule has 1 aliphatic carbocycles. The maximum Gasteiger partial charge on any atom is 0.135 e. The molecule has 0 bridgehead atoms. The second kappa shape index (κ2) is 7.16. The highest BCUT2D eigenvalue weighted by molar-refractivity contribution is 7.99. The minimum atomic E-state index is 0.516. The maximum absolute atomic E-state index is 6.02. The minimum absolute atomic E-state index is 0.516. The Morgan fingerprint density at radius 3 is 2.80 bits per heavy atom. The smallest absolute Gasteiger partial charge is 0.135 e. The fraction of sp³-hybridized carbons (Fsp3) is 0.733. The van der Waals surface area contributed by atoms with Crippen LogP contribution in [0.1, 0.15) is 50.9 Å². The van der Waals surface area contributed by atoms with E-state index in [-0.39, 0.29) is 0 Å². The Bertz CT molecular complexity index is 450. The third-order valence-electron chi connectivity index (χ3n) is 3.86. The van der Waals surface area contributed by atoms with E-state index < -0.39 is 0 Å². The number of hydrogen-bond donors (Lipinski definition) is 2. The van der Waals surface area contributed by atoms with Gasteiger partial charge < -0.3 is 11.1 Å². The molecular weight excluding hydrogens is 268 g/mol. The van der Waals surface area contributed by atoms with Crippen molar-refractivity contribution in [2.75, 3.05) is 16.8 Å². The Balaban J connectivity index is 2.15. The van der Waals surface area contributed by atoms with Gasteiger partial charge in [-0.05, 0) is 31.9 Å². The van der Waals surface area contributed by atoms with Gasteiger partial charge in [-0.1, -0.05) is 20.3 Å². The average Bonchev–Trinajstić information content (AvgIpc) is 2.84. The zero-order valence-corrected chi connectivity index (χ0v) is 13.6. The highest BCUT2D eigenvalue weighted by Gasteiger charge is 2.28. The first-order valence-corrected chi connectivity index (χ1v) is 8.71. The molecule has 0 aromatic carbocycles. The van der Waals surface area contributed by atoms with Crippen molar-refractivity contribution in [2.45, 2.75) is 64.2 Å². The predicted molar refractivity (Wildman–Crippen MR) is 88.4 cm³/mol. The van der Waals surface area contributed by atoms with Gasteiger partial charge in [0.05, 0.1) is 0 Å². The van der Waals surface area contributed by atoms with Gasteiger partial charge in [0.2, 0.25) is 0 Å². The van der Waals surface area contributed by atoms with E-state index in [1.54, 1.807) is 0 Å². The van der Waals surface area contributed by atoms with Crippen LogP contribution in [-0.4, -0.2) is 27.0 Å². The normalized spacial score (nSPS) is 22.1. The van der Waals surface area contributed by atoms with E-state index in [0.717, 1.165) is 30.0 Å². The number of nitrogens with one attached hydrogen (secondary N) is 1. The molecule has 1 heterocycles. The lowest BCUT2D eigenvalue weighted by Gasteiger charge is -2.22. The van der Waals surface area contributed by atoms with Crippen LogP contribution < -0.4 is 11.1 Å². The molecule has 1 aromatic heterocycles. The molecule has 4 nitrogen and oxygen atoms in total. The van der Waals surface area contributed by atoms with Crippen molar-refractivity contribution in [3.8, 4) is 0 Å². The summed E-state index contributed by atoms with van der Waals surface area (Å²) < 4.78 is 0. The molecule has 2 atom stereocenters. The first-order chi connectivity index (χ1) is 9.65. The molecule has 5 heteroatoms. The standard InChI is InChI=1S/C15H26N4S/c1-4-7-13-18-14(16)10(3)15(19-13)17-11-8-6-9-12(11)20-5-2/h11-12H,4-9H2,1-3H3,(H3,16,17,18,19). The van der Waals surface area contributed by atoms with E-state index in [0.29, 0.717) is 17.1 Å². The lowest BCUT2D eigenvalue weighted by molar-refractivity contribution is 0.753. The van der Waals surface area contributed by atoms with Crippen LogP contribution in [0.25, 0.3) is 0 Å². The third-order valence-corrected chi connectivity index (χ3v) is 5.18. The van der Waals surface area contributed by atoms with E-state index in [1.807, 2.05) is 6.92 Å². The summed E-state index contributed by atoms with van der Waals surface area (Å²) in [5.74, 6) is 3.59. The molecule has 2 rings (SSSR count). The molecule has 0 radical (unpaired) electrons. The number of aryl methyl sites for hydroxylation is 1. The molecule has 1 saturated carbocycles. The number of hydrogen-bond acceptors (Lipinski definition) is 5. The van der Waals surface area contributed by atoms with Crippen LogP contribution in [0.4, 0.5) is 11.6 Å². The fourth-order valence-electron chi connectivity index (χ4n) is 2.74. The van der Waals surface area contributed by atoms with E-state index in [2.05, 4.69) is 40.9 Å². The Morgan fingerprint density at radius 1 is 1.30 bits per heavy atom. The summed E-state index contributed by atoms with van der Waals surface area (Å²) in [6.07, 6.45) is 5.76. The quantitative estimate of drug-likeness (QED) is 0.842. The number of rotatable bonds is 6. The van der Waals surface area contributed by atoms with Crippen molar-refractivity contribution < 1.29 is 0 Å². The van der Waals surface area contributed by atoms with Crippen LogP contribution in [0.15, 0.2) is 0 Å². The fourth-order valence-corrected chi connectivity index (χ4v) is 3.94. The zero-order chi connectivity index (χ0) is 14.5. The van der Waals surface area contributed by atoms with Gasteiger partial charge in [0.15, 0.2) is 0 Å². The minimum Gasteiger partial charge on any atom is -0.383 e. The van der Waals surface area contributed by atoms with Gasteiger partial charge in [-0.3, -0.25) is 0 Å². The number of thioether (sulfide) groups is 1. The SMILES string of the molecule is CCCc1nc(N)c(C)c(NC2CCCC2SCC)n1. The lowest BCUT2D eigenvalue weighted by Crippen LogP contribution is -2.27. The summed E-state index contributed by atoms with van der Waals surface area (Å²) in [6.45, 7) is 6.37. The molecule has 0 amide bonds. The van der Waals surface area contributed by atoms with Crippen LogP contribution in [0, 0.1) is 6.92 Å². The molecular formula is C15H26N4S. The average molecular weight is 294 g/mol. The number of anilines is 2. The van der Waals surface area contributed by atoms with Crippen molar-refractivity contribution in [1.29, 1.82) is 0 Å². The number of nitrogens with two attached hydrogens (primary N) is 1. The van der Waals surface area contributed by atoms with Gasteiger partial charge in [0, 0.05) is 23.3 Å². The predicted octanol–water partition coefficient (Wildman–Crippen LogP) is 3.41. The molecule has 112 valence electrons. The summed E-state index contributed by atoms with van der Waals surface area (Å²) in [6, 6.07) is 0.516. The van der Waals surface area contributed by atoms with Gasteiger partial charge in [0.25, 0.3) is 0 Å². The Morgan fingerprint density at radius 2 is 2.10 bits per heavy atom. The molecule has 1 fully saturated rings. The van der Waals surface area contributed by atoms with Crippen LogP contribution in [0.3, 0.4) is 0 Å². The first kappa shape index (κ1) is 15.4. The van der Waals surface area contributed by atoms with E-state index in [4.69, 9.17) is 5.73 Å². The van der Waals surface area contributed by atoms with Crippen LogP contribution >= 0.6 is 11.8 Å². The van der Waals surface area contributed by atoms with Gasteiger partial charge >= 0.3 is 0 Å². The van der Waals surface area contributed by atoms with Crippen LogP contribution in [0.2, 0.25) is 0 Å². The van der Waals surface area contributed by atoms with Crippen molar-refractivity contribution in [1.82, 2.24) is 9.97 Å². The number of nitrogen functional groups attached to an aromatic ring is 1. The molecule has 1 aromatic rings. The number of aromatic nitrogens is 2. The summed E-state index contributed by atoms with van der Waals surface area (Å²) in [5, 5.41) is 4.33. The van der Waals surface area contributed by atoms with Crippen LogP contribution in [0.5, 0.6) is 0 Å². The number of nitrogens with zero attached hydrogens (tertiary/aromatic N) is 2. The van der Waals surface area contributed by atoms with Gasteiger partial charge in [0.1, 0.15) is 17.5 Å².